The minimum absolute atomic E-state index is 0.00646. The number of amides is 1. The molecule has 0 fully saturated rings. The van der Waals surface area contributed by atoms with Crippen LogP contribution >= 0.6 is 22.9 Å². The second-order valence-electron chi connectivity index (χ2n) is 4.74. The van der Waals surface area contributed by atoms with E-state index in [4.69, 9.17) is 17.3 Å². The maximum atomic E-state index is 12.1. The number of benzene rings is 1. The SMILES string of the molecule is CC(Cc1cccc(Cl)c1)NC(=O)C(N)c1cccs1. The van der Waals surface area contributed by atoms with Crippen molar-refractivity contribution in [1.82, 2.24) is 5.32 Å². The van der Waals surface area contributed by atoms with Crippen molar-refractivity contribution >= 4 is 28.8 Å². The highest BCUT2D eigenvalue weighted by Crippen LogP contribution is 2.17. The second-order valence-corrected chi connectivity index (χ2v) is 6.15. The van der Waals surface area contributed by atoms with E-state index in [9.17, 15) is 4.79 Å². The topological polar surface area (TPSA) is 55.1 Å². The molecule has 0 aliphatic carbocycles. The molecule has 20 heavy (non-hydrogen) atoms. The standard InChI is InChI=1S/C15H17ClN2OS/c1-10(8-11-4-2-5-12(16)9-11)18-15(19)14(17)13-6-3-7-20-13/h2-7,9-10,14H,8,17H2,1H3,(H,18,19). The molecule has 0 bridgehead atoms. The zero-order valence-corrected chi connectivity index (χ0v) is 12.7. The molecule has 5 heteroatoms. The molecule has 3 nitrogen and oxygen atoms in total. The van der Waals surface area contributed by atoms with Crippen LogP contribution in [0.25, 0.3) is 0 Å². The Bertz CT molecular complexity index is 571. The molecule has 1 aromatic carbocycles. The summed E-state index contributed by atoms with van der Waals surface area (Å²) in [5.74, 6) is -0.151. The first-order valence-corrected chi connectivity index (χ1v) is 7.66. The summed E-state index contributed by atoms with van der Waals surface area (Å²) in [6.45, 7) is 1.96. The first-order chi connectivity index (χ1) is 9.56. The molecule has 2 atom stereocenters. The van der Waals surface area contributed by atoms with Gasteiger partial charge < -0.3 is 11.1 Å². The molecule has 1 amide bonds. The van der Waals surface area contributed by atoms with Crippen LogP contribution < -0.4 is 11.1 Å². The second kappa shape index (κ2) is 6.88. The van der Waals surface area contributed by atoms with E-state index in [0.717, 1.165) is 16.9 Å². The Balaban J connectivity index is 1.91. The van der Waals surface area contributed by atoms with E-state index in [1.54, 1.807) is 0 Å². The van der Waals surface area contributed by atoms with E-state index in [0.29, 0.717) is 5.02 Å². The molecule has 2 unspecified atom stereocenters. The van der Waals surface area contributed by atoms with Gasteiger partial charge in [-0.1, -0.05) is 29.8 Å². The van der Waals surface area contributed by atoms with Gasteiger partial charge in [0.2, 0.25) is 5.91 Å². The molecule has 0 aliphatic heterocycles. The number of nitrogens with one attached hydrogen (secondary N) is 1. The van der Waals surface area contributed by atoms with Crippen LogP contribution in [0.1, 0.15) is 23.4 Å². The Labute approximate surface area is 127 Å². The monoisotopic (exact) mass is 308 g/mol. The van der Waals surface area contributed by atoms with Crippen molar-refractivity contribution in [2.24, 2.45) is 5.73 Å². The number of hydrogen-bond acceptors (Lipinski definition) is 3. The number of carbonyl (C=O) groups excluding carboxylic acids is 1. The number of halogens is 1. The highest BCUT2D eigenvalue weighted by molar-refractivity contribution is 7.10. The zero-order valence-electron chi connectivity index (χ0n) is 11.2. The molecule has 2 aromatic rings. The van der Waals surface area contributed by atoms with E-state index in [2.05, 4.69) is 5.32 Å². The van der Waals surface area contributed by atoms with Gasteiger partial charge in [0.1, 0.15) is 6.04 Å². The van der Waals surface area contributed by atoms with Gasteiger partial charge in [-0.25, -0.2) is 0 Å². The highest BCUT2D eigenvalue weighted by Gasteiger charge is 2.18. The Kier molecular flexibility index (Phi) is 5.17. The Hall–Kier alpha value is -1.36. The average Bonchev–Trinajstić information content (AvgIpc) is 2.91. The predicted molar refractivity (Wildman–Crippen MR) is 84.0 cm³/mol. The summed E-state index contributed by atoms with van der Waals surface area (Å²) in [6.07, 6.45) is 0.726. The largest absolute Gasteiger partial charge is 0.352 e. The number of hydrogen-bond donors (Lipinski definition) is 2. The number of nitrogens with two attached hydrogens (primary N) is 1. The fourth-order valence-electron chi connectivity index (χ4n) is 2.00. The van der Waals surface area contributed by atoms with Crippen LogP contribution in [0.4, 0.5) is 0 Å². The van der Waals surface area contributed by atoms with Crippen LogP contribution in [-0.4, -0.2) is 11.9 Å². The van der Waals surface area contributed by atoms with Crippen LogP contribution in [0.2, 0.25) is 5.02 Å². The van der Waals surface area contributed by atoms with Gasteiger partial charge in [-0.15, -0.1) is 11.3 Å². The van der Waals surface area contributed by atoms with Crippen LogP contribution in [0.5, 0.6) is 0 Å². The predicted octanol–water partition coefficient (Wildman–Crippen LogP) is 3.15. The molecule has 1 aromatic heterocycles. The zero-order chi connectivity index (χ0) is 14.5. The summed E-state index contributed by atoms with van der Waals surface area (Å²) in [6, 6.07) is 10.8. The minimum atomic E-state index is -0.600. The minimum Gasteiger partial charge on any atom is -0.352 e. The smallest absolute Gasteiger partial charge is 0.242 e. The van der Waals surface area contributed by atoms with Gasteiger partial charge in [0.25, 0.3) is 0 Å². The highest BCUT2D eigenvalue weighted by atomic mass is 35.5. The summed E-state index contributed by atoms with van der Waals surface area (Å²) in [5, 5.41) is 5.55. The Morgan fingerprint density at radius 3 is 2.85 bits per heavy atom. The lowest BCUT2D eigenvalue weighted by Crippen LogP contribution is -2.40. The maximum absolute atomic E-state index is 12.1. The normalized spacial score (nSPS) is 13.8. The summed E-state index contributed by atoms with van der Waals surface area (Å²) < 4.78 is 0. The molecule has 0 saturated heterocycles. The van der Waals surface area contributed by atoms with E-state index in [1.807, 2.05) is 48.7 Å². The molecule has 106 valence electrons. The summed E-state index contributed by atoms with van der Waals surface area (Å²) in [4.78, 5) is 12.9. The van der Waals surface area contributed by atoms with E-state index >= 15 is 0 Å². The van der Waals surface area contributed by atoms with Crippen LogP contribution in [0, 0.1) is 0 Å². The first-order valence-electron chi connectivity index (χ1n) is 6.40. The number of thiophene rings is 1. The summed E-state index contributed by atoms with van der Waals surface area (Å²) in [5.41, 5.74) is 7.02. The van der Waals surface area contributed by atoms with Gasteiger partial charge in [0.05, 0.1) is 0 Å². The Morgan fingerprint density at radius 1 is 1.40 bits per heavy atom. The van der Waals surface area contributed by atoms with E-state index in [-0.39, 0.29) is 11.9 Å². The average molecular weight is 309 g/mol. The van der Waals surface area contributed by atoms with Crippen LogP contribution in [-0.2, 0) is 11.2 Å². The van der Waals surface area contributed by atoms with Gasteiger partial charge in [0, 0.05) is 15.9 Å². The molecule has 0 radical (unpaired) electrons. The molecule has 2 rings (SSSR count). The van der Waals surface area contributed by atoms with Crippen molar-refractivity contribution in [2.75, 3.05) is 0 Å². The van der Waals surface area contributed by atoms with Gasteiger partial charge in [0.15, 0.2) is 0 Å². The number of rotatable bonds is 5. The summed E-state index contributed by atoms with van der Waals surface area (Å²) >= 11 is 7.44. The third kappa shape index (κ3) is 4.07. The van der Waals surface area contributed by atoms with Crippen molar-refractivity contribution < 1.29 is 4.79 Å². The van der Waals surface area contributed by atoms with Crippen molar-refractivity contribution in [3.8, 4) is 0 Å². The van der Waals surface area contributed by atoms with Crippen molar-refractivity contribution in [3.05, 3.63) is 57.2 Å². The first kappa shape index (κ1) is 15.0. The molecule has 3 N–H and O–H groups in total. The molecule has 0 saturated carbocycles. The molecular weight excluding hydrogens is 292 g/mol. The fraction of sp³-hybridized carbons (Fsp3) is 0.267. The third-order valence-electron chi connectivity index (χ3n) is 2.95. The van der Waals surface area contributed by atoms with Crippen LogP contribution in [0.3, 0.4) is 0 Å². The van der Waals surface area contributed by atoms with E-state index < -0.39 is 6.04 Å². The molecular formula is C15H17ClN2OS. The van der Waals surface area contributed by atoms with Gasteiger partial charge >= 0.3 is 0 Å². The lowest BCUT2D eigenvalue weighted by atomic mass is 10.1. The quantitative estimate of drug-likeness (QED) is 0.891. The maximum Gasteiger partial charge on any atom is 0.242 e. The lowest BCUT2D eigenvalue weighted by molar-refractivity contribution is -0.123. The van der Waals surface area contributed by atoms with Gasteiger partial charge in [-0.05, 0) is 42.5 Å². The fourth-order valence-corrected chi connectivity index (χ4v) is 2.94. The third-order valence-corrected chi connectivity index (χ3v) is 4.14. The molecule has 0 aliphatic rings. The Morgan fingerprint density at radius 2 is 2.20 bits per heavy atom. The molecule has 1 heterocycles. The van der Waals surface area contributed by atoms with Crippen LogP contribution in [0.15, 0.2) is 41.8 Å². The van der Waals surface area contributed by atoms with E-state index in [1.165, 1.54) is 11.3 Å². The van der Waals surface area contributed by atoms with Gasteiger partial charge in [-0.3, -0.25) is 4.79 Å². The number of carbonyl (C=O) groups is 1. The summed E-state index contributed by atoms with van der Waals surface area (Å²) in [7, 11) is 0. The van der Waals surface area contributed by atoms with Crippen molar-refractivity contribution in [3.63, 3.8) is 0 Å². The van der Waals surface area contributed by atoms with Crippen molar-refractivity contribution in [1.29, 1.82) is 0 Å². The lowest BCUT2D eigenvalue weighted by Gasteiger charge is -2.17. The molecule has 0 spiro atoms. The van der Waals surface area contributed by atoms with Crippen molar-refractivity contribution in [2.45, 2.75) is 25.4 Å². The van der Waals surface area contributed by atoms with Gasteiger partial charge in [-0.2, -0.15) is 0 Å².